The summed E-state index contributed by atoms with van der Waals surface area (Å²) < 4.78 is 1.88. The Morgan fingerprint density at radius 3 is 2.57 bits per heavy atom. The van der Waals surface area contributed by atoms with E-state index >= 15 is 0 Å². The van der Waals surface area contributed by atoms with Gasteiger partial charge in [0.05, 0.1) is 12.3 Å². The first-order chi connectivity index (χ1) is 6.43. The molecule has 0 aliphatic carbocycles. The fourth-order valence-corrected chi connectivity index (χ4v) is 1.21. The molecule has 1 unspecified atom stereocenters. The number of hydrogen-bond donors (Lipinski definition) is 1. The lowest BCUT2D eigenvalue weighted by atomic mass is 9.86. The van der Waals surface area contributed by atoms with Gasteiger partial charge in [-0.25, -0.2) is 0 Å². The van der Waals surface area contributed by atoms with Gasteiger partial charge in [-0.3, -0.25) is 4.68 Å². The average Bonchev–Trinajstić information content (AvgIpc) is 2.50. The molecule has 1 aromatic heterocycles. The van der Waals surface area contributed by atoms with Crippen LogP contribution >= 0.6 is 0 Å². The molecule has 0 aliphatic rings. The minimum atomic E-state index is -0.308. The van der Waals surface area contributed by atoms with Gasteiger partial charge in [-0.2, -0.15) is 5.10 Å². The Hall–Kier alpha value is -0.830. The van der Waals surface area contributed by atoms with E-state index in [1.807, 2.05) is 37.8 Å². The molecule has 0 saturated heterocycles. The van der Waals surface area contributed by atoms with Crippen LogP contribution in [0, 0.1) is 5.41 Å². The first kappa shape index (κ1) is 11.2. The molecule has 0 fully saturated rings. The summed E-state index contributed by atoms with van der Waals surface area (Å²) in [6.45, 7) is 9.06. The predicted octanol–water partition coefficient (Wildman–Crippen LogP) is 1.85. The van der Waals surface area contributed by atoms with Crippen LogP contribution in [0.1, 0.15) is 33.3 Å². The highest BCUT2D eigenvalue weighted by Gasteiger charge is 2.22. The Kier molecular flexibility index (Phi) is 3.32. The number of aliphatic hydroxyl groups is 1. The maximum Gasteiger partial charge on any atom is 0.0629 e. The number of hydrogen-bond acceptors (Lipinski definition) is 2. The van der Waals surface area contributed by atoms with Crippen LogP contribution in [0.5, 0.6) is 0 Å². The van der Waals surface area contributed by atoms with E-state index in [0.717, 1.165) is 12.1 Å². The van der Waals surface area contributed by atoms with E-state index in [1.165, 1.54) is 0 Å². The highest BCUT2D eigenvalue weighted by molar-refractivity contribution is 5.06. The highest BCUT2D eigenvalue weighted by Crippen LogP contribution is 2.22. The molecule has 0 amide bonds. The second-order valence-corrected chi connectivity index (χ2v) is 4.79. The molecule has 1 rings (SSSR count). The molecular formula is C11H20N2O. The van der Waals surface area contributed by atoms with Crippen molar-refractivity contribution in [3.8, 4) is 0 Å². The largest absolute Gasteiger partial charge is 0.392 e. The van der Waals surface area contributed by atoms with Gasteiger partial charge in [0.1, 0.15) is 0 Å². The fraction of sp³-hybridized carbons (Fsp3) is 0.727. The smallest absolute Gasteiger partial charge is 0.0629 e. The number of aryl methyl sites for hydroxylation is 1. The molecule has 0 spiro atoms. The second kappa shape index (κ2) is 4.13. The Balaban J connectivity index is 2.60. The van der Waals surface area contributed by atoms with E-state index in [-0.39, 0.29) is 11.5 Å². The van der Waals surface area contributed by atoms with Crippen molar-refractivity contribution in [2.75, 3.05) is 0 Å². The Labute approximate surface area is 85.8 Å². The van der Waals surface area contributed by atoms with E-state index in [1.54, 1.807) is 0 Å². The molecule has 80 valence electrons. The molecule has 0 aliphatic heterocycles. The summed E-state index contributed by atoms with van der Waals surface area (Å²) in [5.74, 6) is 0. The van der Waals surface area contributed by atoms with Crippen molar-refractivity contribution in [3.05, 3.63) is 18.0 Å². The fourth-order valence-electron chi connectivity index (χ4n) is 1.21. The summed E-state index contributed by atoms with van der Waals surface area (Å²) in [5, 5.41) is 14.1. The monoisotopic (exact) mass is 196 g/mol. The third-order valence-corrected chi connectivity index (χ3v) is 2.44. The summed E-state index contributed by atoms with van der Waals surface area (Å²) in [5.41, 5.74) is 1.04. The maximum atomic E-state index is 9.88. The van der Waals surface area contributed by atoms with Crippen molar-refractivity contribution in [1.82, 2.24) is 9.78 Å². The van der Waals surface area contributed by atoms with E-state index in [2.05, 4.69) is 12.0 Å². The van der Waals surface area contributed by atoms with E-state index in [4.69, 9.17) is 0 Å². The molecule has 3 heteroatoms. The molecule has 1 heterocycles. The van der Waals surface area contributed by atoms with Gasteiger partial charge in [0, 0.05) is 19.2 Å². The van der Waals surface area contributed by atoms with Gasteiger partial charge in [0.2, 0.25) is 0 Å². The molecule has 0 radical (unpaired) electrons. The first-order valence-electron chi connectivity index (χ1n) is 5.13. The normalized spacial score (nSPS) is 14.4. The third-order valence-electron chi connectivity index (χ3n) is 2.44. The average molecular weight is 196 g/mol. The van der Waals surface area contributed by atoms with Crippen molar-refractivity contribution in [1.29, 1.82) is 0 Å². The first-order valence-corrected chi connectivity index (χ1v) is 5.13. The van der Waals surface area contributed by atoms with Gasteiger partial charge < -0.3 is 5.11 Å². The topological polar surface area (TPSA) is 38.0 Å². The van der Waals surface area contributed by atoms with Crippen LogP contribution in [-0.4, -0.2) is 21.0 Å². The maximum absolute atomic E-state index is 9.88. The van der Waals surface area contributed by atoms with Gasteiger partial charge in [-0.15, -0.1) is 0 Å². The van der Waals surface area contributed by atoms with Crippen LogP contribution < -0.4 is 0 Å². The zero-order valence-corrected chi connectivity index (χ0v) is 9.49. The van der Waals surface area contributed by atoms with Gasteiger partial charge >= 0.3 is 0 Å². The van der Waals surface area contributed by atoms with E-state index in [0.29, 0.717) is 6.42 Å². The van der Waals surface area contributed by atoms with E-state index < -0.39 is 0 Å². The summed E-state index contributed by atoms with van der Waals surface area (Å²) >= 11 is 0. The summed E-state index contributed by atoms with van der Waals surface area (Å²) in [6, 6.07) is 0. The van der Waals surface area contributed by atoms with Crippen molar-refractivity contribution < 1.29 is 5.11 Å². The number of aliphatic hydroxyl groups excluding tert-OH is 1. The van der Waals surface area contributed by atoms with Crippen LogP contribution in [0.15, 0.2) is 12.4 Å². The Morgan fingerprint density at radius 2 is 2.14 bits per heavy atom. The number of nitrogens with zero attached hydrogens (tertiary/aromatic N) is 2. The molecule has 1 aromatic rings. The highest BCUT2D eigenvalue weighted by atomic mass is 16.3. The molecule has 0 saturated carbocycles. The number of rotatable bonds is 3. The lowest BCUT2D eigenvalue weighted by Gasteiger charge is -2.25. The molecule has 3 nitrogen and oxygen atoms in total. The van der Waals surface area contributed by atoms with Crippen molar-refractivity contribution in [2.24, 2.45) is 5.41 Å². The minimum Gasteiger partial charge on any atom is -0.392 e. The zero-order valence-electron chi connectivity index (χ0n) is 9.49. The summed E-state index contributed by atoms with van der Waals surface area (Å²) in [6.07, 6.45) is 4.20. The van der Waals surface area contributed by atoms with Crippen LogP contribution in [0.3, 0.4) is 0 Å². The predicted molar refractivity (Wildman–Crippen MR) is 57.1 cm³/mol. The van der Waals surface area contributed by atoms with Crippen LogP contribution in [0.2, 0.25) is 0 Å². The van der Waals surface area contributed by atoms with E-state index in [9.17, 15) is 5.11 Å². The molecule has 1 N–H and O–H groups in total. The van der Waals surface area contributed by atoms with Crippen molar-refractivity contribution in [3.63, 3.8) is 0 Å². The molecule has 0 aromatic carbocycles. The number of aromatic nitrogens is 2. The van der Waals surface area contributed by atoms with Gasteiger partial charge in [-0.1, -0.05) is 20.8 Å². The molecule has 0 bridgehead atoms. The Bertz CT molecular complexity index is 286. The molecule has 14 heavy (non-hydrogen) atoms. The SMILES string of the molecule is CCn1cc(CC(O)C(C)(C)C)cn1. The van der Waals surface area contributed by atoms with Gasteiger partial charge in [-0.05, 0) is 17.9 Å². The summed E-state index contributed by atoms with van der Waals surface area (Å²) in [4.78, 5) is 0. The lowest BCUT2D eigenvalue weighted by Crippen LogP contribution is -2.27. The third kappa shape index (κ3) is 2.84. The second-order valence-electron chi connectivity index (χ2n) is 4.79. The molecule has 1 atom stereocenters. The van der Waals surface area contributed by atoms with Crippen molar-refractivity contribution in [2.45, 2.75) is 46.8 Å². The van der Waals surface area contributed by atoms with Gasteiger partial charge in [0.25, 0.3) is 0 Å². The van der Waals surface area contributed by atoms with Gasteiger partial charge in [0.15, 0.2) is 0 Å². The molecular weight excluding hydrogens is 176 g/mol. The quantitative estimate of drug-likeness (QED) is 0.801. The van der Waals surface area contributed by atoms with Crippen LogP contribution in [0.4, 0.5) is 0 Å². The zero-order chi connectivity index (χ0) is 10.8. The van der Waals surface area contributed by atoms with Crippen molar-refractivity contribution >= 4 is 0 Å². The van der Waals surface area contributed by atoms with Crippen LogP contribution in [-0.2, 0) is 13.0 Å². The summed E-state index contributed by atoms with van der Waals surface area (Å²) in [7, 11) is 0. The Morgan fingerprint density at radius 1 is 1.50 bits per heavy atom. The standard InChI is InChI=1S/C11H20N2O/c1-5-13-8-9(7-12-13)6-10(14)11(2,3)4/h7-8,10,14H,5-6H2,1-4H3. The lowest BCUT2D eigenvalue weighted by molar-refractivity contribution is 0.0636. The van der Waals surface area contributed by atoms with Crippen LogP contribution in [0.25, 0.3) is 0 Å². The minimum absolute atomic E-state index is 0.0612.